The average Bonchev–Trinajstić information content (AvgIpc) is 2.79. The van der Waals surface area contributed by atoms with Gasteiger partial charge in [-0.1, -0.05) is 80.4 Å². The zero-order valence-corrected chi connectivity index (χ0v) is 18.0. The van der Waals surface area contributed by atoms with Crippen molar-refractivity contribution < 1.29 is 31.1 Å². The zero-order valence-electron chi connectivity index (χ0n) is 18.0. The van der Waals surface area contributed by atoms with Gasteiger partial charge in [0.05, 0.1) is 0 Å². The minimum absolute atomic E-state index is 0.483. The largest absolute Gasteiger partial charge is 0.439 e. The molecule has 0 aromatic heterocycles. The fourth-order valence-corrected chi connectivity index (χ4v) is 3.52. The predicted octanol–water partition coefficient (Wildman–Crippen LogP) is 8.63. The maximum Gasteiger partial charge on any atom is 0.439 e. The monoisotopic (exact) mass is 466 g/mol. The van der Waals surface area contributed by atoms with Gasteiger partial charge in [-0.15, -0.1) is 0 Å². The molecule has 0 radical (unpaired) electrons. The van der Waals surface area contributed by atoms with Crippen molar-refractivity contribution in [1.29, 1.82) is 0 Å². The van der Waals surface area contributed by atoms with E-state index in [1.807, 2.05) is 54.6 Å². The van der Waals surface area contributed by atoms with Crippen LogP contribution in [0.2, 0.25) is 0 Å². The summed E-state index contributed by atoms with van der Waals surface area (Å²) in [6.45, 7) is 2.12. The molecule has 0 bridgehead atoms. The van der Waals surface area contributed by atoms with Gasteiger partial charge in [-0.05, 0) is 52.8 Å². The normalized spacial score (nSPS) is 13.1. The van der Waals surface area contributed by atoms with Gasteiger partial charge in [0.1, 0.15) is 5.75 Å². The van der Waals surface area contributed by atoms with E-state index < -0.39 is 24.2 Å². The van der Waals surface area contributed by atoms with Gasteiger partial charge in [0, 0.05) is 0 Å². The fraction of sp³-hybridized carbons (Fsp3) is 0.308. The van der Waals surface area contributed by atoms with Crippen LogP contribution in [0.15, 0.2) is 72.8 Å². The van der Waals surface area contributed by atoms with Crippen molar-refractivity contribution in [2.75, 3.05) is 0 Å². The number of unbranched alkanes of at least 4 members (excludes halogenated alkanes) is 2. The summed E-state index contributed by atoms with van der Waals surface area (Å²) < 4.78 is 82.7. The quantitative estimate of drug-likeness (QED) is 0.227. The fourth-order valence-electron chi connectivity index (χ4n) is 3.52. The van der Waals surface area contributed by atoms with E-state index in [2.05, 4.69) is 11.7 Å². The first kappa shape index (κ1) is 24.7. The molecule has 1 atom stereocenters. The van der Waals surface area contributed by atoms with E-state index in [0.29, 0.717) is 16.7 Å². The first-order valence-corrected chi connectivity index (χ1v) is 10.7. The third-order valence-corrected chi connectivity index (χ3v) is 5.25. The summed E-state index contributed by atoms with van der Waals surface area (Å²) in [6, 6.07) is 20.4. The van der Waals surface area contributed by atoms with Crippen molar-refractivity contribution >= 4 is 0 Å². The Labute approximate surface area is 189 Å². The lowest BCUT2D eigenvalue weighted by atomic mass is 9.93. The highest BCUT2D eigenvalue weighted by atomic mass is 19.4. The Bertz CT molecular complexity index is 1030. The smallest absolute Gasteiger partial charge is 0.430 e. The first-order chi connectivity index (χ1) is 15.6. The lowest BCUT2D eigenvalue weighted by Gasteiger charge is -2.23. The molecule has 1 nitrogen and oxygen atoms in total. The van der Waals surface area contributed by atoms with Gasteiger partial charge >= 0.3 is 12.3 Å². The average molecular weight is 466 g/mol. The number of rotatable bonds is 9. The summed E-state index contributed by atoms with van der Waals surface area (Å²) in [7, 11) is 0. The zero-order chi connectivity index (χ0) is 24.1. The van der Waals surface area contributed by atoms with Gasteiger partial charge in [0.2, 0.25) is 0 Å². The topological polar surface area (TPSA) is 9.23 Å². The Hall–Kier alpha value is -2.96. The number of hydrogen-bond acceptors (Lipinski definition) is 1. The molecule has 0 aliphatic rings. The van der Waals surface area contributed by atoms with Crippen molar-refractivity contribution in [3.63, 3.8) is 0 Å². The molecular weight excluding hydrogens is 442 g/mol. The molecule has 7 heteroatoms. The van der Waals surface area contributed by atoms with Gasteiger partial charge in [0.15, 0.2) is 0 Å². The van der Waals surface area contributed by atoms with Crippen LogP contribution < -0.4 is 4.74 Å². The summed E-state index contributed by atoms with van der Waals surface area (Å²) in [4.78, 5) is 0. The van der Waals surface area contributed by atoms with Crippen LogP contribution in [0.3, 0.4) is 0 Å². The molecule has 176 valence electrons. The summed E-state index contributed by atoms with van der Waals surface area (Å²) >= 11 is 0. The third kappa shape index (κ3) is 6.30. The Morgan fingerprint density at radius 1 is 0.758 bits per heavy atom. The first-order valence-electron chi connectivity index (χ1n) is 10.7. The second-order valence-corrected chi connectivity index (χ2v) is 7.80. The second kappa shape index (κ2) is 10.3. The van der Waals surface area contributed by atoms with Crippen LogP contribution in [-0.4, -0.2) is 18.5 Å². The van der Waals surface area contributed by atoms with Crippen LogP contribution in [0.4, 0.5) is 26.3 Å². The van der Waals surface area contributed by atoms with Gasteiger partial charge in [0.25, 0.3) is 6.17 Å². The highest BCUT2D eigenvalue weighted by Crippen LogP contribution is 2.40. The van der Waals surface area contributed by atoms with Crippen LogP contribution >= 0.6 is 0 Å². The van der Waals surface area contributed by atoms with E-state index >= 15 is 0 Å². The molecule has 3 aromatic carbocycles. The Morgan fingerprint density at radius 2 is 1.39 bits per heavy atom. The van der Waals surface area contributed by atoms with Crippen molar-refractivity contribution in [2.24, 2.45) is 0 Å². The molecule has 0 aliphatic carbocycles. The molecule has 0 spiro atoms. The van der Waals surface area contributed by atoms with E-state index in [9.17, 15) is 26.3 Å². The van der Waals surface area contributed by atoms with Crippen molar-refractivity contribution in [3.8, 4) is 28.0 Å². The van der Waals surface area contributed by atoms with Crippen LogP contribution in [0, 0.1) is 0 Å². The van der Waals surface area contributed by atoms with Gasteiger partial charge in [-0.2, -0.15) is 22.0 Å². The van der Waals surface area contributed by atoms with Crippen molar-refractivity contribution in [3.05, 3.63) is 78.4 Å². The molecule has 0 saturated carbocycles. The van der Waals surface area contributed by atoms with Crippen LogP contribution in [0.25, 0.3) is 22.3 Å². The number of alkyl halides is 6. The van der Waals surface area contributed by atoms with Gasteiger partial charge in [-0.3, -0.25) is 0 Å². The van der Waals surface area contributed by atoms with E-state index in [-0.39, 0.29) is 0 Å². The molecule has 3 rings (SSSR count). The molecule has 3 aromatic rings. The Balaban J connectivity index is 1.97. The molecule has 1 unspecified atom stereocenters. The SMILES string of the molecule is CCCCCc1ccc(-c2cc(OC(F)(F)C(F)C(F)(F)F)ccc2-c2ccccc2)cc1. The lowest BCUT2D eigenvalue weighted by Crippen LogP contribution is -2.45. The van der Waals surface area contributed by atoms with E-state index in [0.717, 1.165) is 42.9 Å². The Kier molecular flexibility index (Phi) is 7.72. The van der Waals surface area contributed by atoms with Crippen LogP contribution in [0.1, 0.15) is 31.7 Å². The van der Waals surface area contributed by atoms with E-state index in [1.165, 1.54) is 12.1 Å². The number of halogens is 6. The van der Waals surface area contributed by atoms with Crippen molar-refractivity contribution in [1.82, 2.24) is 0 Å². The maximum atomic E-state index is 13.8. The molecular formula is C26H24F6O. The number of aryl methyl sites for hydroxylation is 1. The maximum absolute atomic E-state index is 13.8. The summed E-state index contributed by atoms with van der Waals surface area (Å²) in [5.74, 6) is -0.561. The molecule has 33 heavy (non-hydrogen) atoms. The van der Waals surface area contributed by atoms with Crippen LogP contribution in [-0.2, 0) is 6.42 Å². The highest BCUT2D eigenvalue weighted by Gasteiger charge is 2.59. The highest BCUT2D eigenvalue weighted by molar-refractivity contribution is 5.84. The van der Waals surface area contributed by atoms with E-state index in [1.54, 1.807) is 0 Å². The molecule has 0 N–H and O–H groups in total. The molecule has 0 fully saturated rings. The standard InChI is InChI=1S/C26H24F6O/c1-2-3-5-8-18-11-13-20(14-12-18)23-17-21(33-26(31,32)24(27)25(28,29)30)15-16-22(23)19-9-6-4-7-10-19/h4,6-7,9-17,24H,2-3,5,8H2,1H3. The lowest BCUT2D eigenvalue weighted by molar-refractivity contribution is -0.304. The molecule has 0 heterocycles. The summed E-state index contributed by atoms with van der Waals surface area (Å²) in [5, 5.41) is 0. The molecule has 0 amide bonds. The van der Waals surface area contributed by atoms with Gasteiger partial charge < -0.3 is 4.74 Å². The van der Waals surface area contributed by atoms with E-state index in [4.69, 9.17) is 0 Å². The number of hydrogen-bond donors (Lipinski definition) is 0. The summed E-state index contributed by atoms with van der Waals surface area (Å²) in [6.07, 6.45) is -11.1. The molecule has 0 aliphatic heterocycles. The minimum atomic E-state index is -5.75. The third-order valence-electron chi connectivity index (χ3n) is 5.25. The number of ether oxygens (including phenoxy) is 1. The Morgan fingerprint density at radius 3 is 2.00 bits per heavy atom. The molecule has 0 saturated heterocycles. The second-order valence-electron chi connectivity index (χ2n) is 7.80. The summed E-state index contributed by atoms with van der Waals surface area (Å²) in [5.41, 5.74) is 3.75. The van der Waals surface area contributed by atoms with Gasteiger partial charge in [-0.25, -0.2) is 4.39 Å². The van der Waals surface area contributed by atoms with Crippen LogP contribution in [0.5, 0.6) is 5.75 Å². The number of benzene rings is 3. The predicted molar refractivity (Wildman–Crippen MR) is 117 cm³/mol. The van der Waals surface area contributed by atoms with Crippen molar-refractivity contribution in [2.45, 2.75) is 51.1 Å². The minimum Gasteiger partial charge on any atom is -0.430 e.